The molecule has 0 aliphatic rings. The van der Waals surface area contributed by atoms with E-state index in [0.29, 0.717) is 10.0 Å². The summed E-state index contributed by atoms with van der Waals surface area (Å²) in [4.78, 5) is 11.6. The van der Waals surface area contributed by atoms with Gasteiger partial charge in [-0.2, -0.15) is 0 Å². The van der Waals surface area contributed by atoms with Crippen LogP contribution < -0.4 is 5.73 Å². The van der Waals surface area contributed by atoms with Crippen LogP contribution in [0, 0.1) is 5.82 Å². The Morgan fingerprint density at radius 2 is 2.31 bits per heavy atom. The van der Waals surface area contributed by atoms with Crippen molar-refractivity contribution >= 4 is 21.7 Å². The number of ketones is 1. The summed E-state index contributed by atoms with van der Waals surface area (Å²) in [7, 11) is 1.48. The maximum atomic E-state index is 13.0. The Morgan fingerprint density at radius 3 is 2.94 bits per heavy atom. The van der Waals surface area contributed by atoms with Crippen molar-refractivity contribution in [3.05, 3.63) is 34.1 Å². The van der Waals surface area contributed by atoms with Crippen LogP contribution in [0.15, 0.2) is 22.7 Å². The lowest BCUT2D eigenvalue weighted by molar-refractivity contribution is -0.120. The monoisotopic (exact) mass is 289 g/mol. The van der Waals surface area contributed by atoms with Crippen LogP contribution in [0.4, 0.5) is 4.39 Å². The molecule has 3 nitrogen and oxygen atoms in total. The van der Waals surface area contributed by atoms with Crippen molar-refractivity contribution in [2.75, 3.05) is 13.7 Å². The molecule has 2 N–H and O–H groups in total. The summed E-state index contributed by atoms with van der Waals surface area (Å²) in [6.07, 6.45) is 0.100. The summed E-state index contributed by atoms with van der Waals surface area (Å²) in [6.45, 7) is 0.172. The first-order valence-electron chi connectivity index (χ1n) is 4.75. The summed E-state index contributed by atoms with van der Waals surface area (Å²) < 4.78 is 18.4. The van der Waals surface area contributed by atoms with Crippen LogP contribution in [-0.2, 0) is 16.0 Å². The van der Waals surface area contributed by atoms with Gasteiger partial charge in [0.1, 0.15) is 5.82 Å². The third kappa shape index (κ3) is 3.66. The molecule has 0 heterocycles. The van der Waals surface area contributed by atoms with Gasteiger partial charge in [-0.15, -0.1) is 0 Å². The number of methoxy groups -OCH3 is 1. The number of carbonyl (C=O) groups excluding carboxylic acids is 1. The second kappa shape index (κ2) is 6.08. The van der Waals surface area contributed by atoms with E-state index in [1.807, 2.05) is 0 Å². The Morgan fingerprint density at radius 1 is 1.62 bits per heavy atom. The van der Waals surface area contributed by atoms with Gasteiger partial charge in [0.15, 0.2) is 5.78 Å². The summed E-state index contributed by atoms with van der Waals surface area (Å²) in [5, 5.41) is 0. The number of rotatable bonds is 5. The number of hydrogen-bond acceptors (Lipinski definition) is 3. The van der Waals surface area contributed by atoms with Crippen LogP contribution >= 0.6 is 15.9 Å². The first-order chi connectivity index (χ1) is 7.54. The molecular weight excluding hydrogens is 277 g/mol. The molecule has 1 aromatic rings. The summed E-state index contributed by atoms with van der Waals surface area (Å²) >= 11 is 3.26. The second-order valence-corrected chi connectivity index (χ2v) is 4.29. The van der Waals surface area contributed by atoms with Crippen molar-refractivity contribution in [2.45, 2.75) is 12.5 Å². The highest BCUT2D eigenvalue weighted by atomic mass is 79.9. The SMILES string of the molecule is COCC(N)C(=O)Cc1cc(F)ccc1Br. The molecular formula is C11H13BrFNO2. The largest absolute Gasteiger partial charge is 0.383 e. The number of nitrogens with two attached hydrogens (primary N) is 1. The highest BCUT2D eigenvalue weighted by molar-refractivity contribution is 9.10. The first kappa shape index (κ1) is 13.3. The van der Waals surface area contributed by atoms with Gasteiger partial charge in [0.2, 0.25) is 0 Å². The molecule has 0 aromatic heterocycles. The molecule has 0 spiro atoms. The molecule has 0 amide bonds. The van der Waals surface area contributed by atoms with Crippen LogP contribution in [0.5, 0.6) is 0 Å². The van der Waals surface area contributed by atoms with E-state index in [-0.39, 0.29) is 24.6 Å². The van der Waals surface area contributed by atoms with Gasteiger partial charge >= 0.3 is 0 Å². The van der Waals surface area contributed by atoms with E-state index in [4.69, 9.17) is 10.5 Å². The predicted molar refractivity (Wildman–Crippen MR) is 62.7 cm³/mol. The molecule has 1 rings (SSSR count). The number of hydrogen-bond donors (Lipinski definition) is 1. The molecule has 0 radical (unpaired) electrons. The van der Waals surface area contributed by atoms with Crippen molar-refractivity contribution in [1.82, 2.24) is 0 Å². The van der Waals surface area contributed by atoms with Crippen LogP contribution in [0.2, 0.25) is 0 Å². The predicted octanol–water partition coefficient (Wildman–Crippen LogP) is 1.67. The van der Waals surface area contributed by atoms with E-state index in [1.54, 1.807) is 6.07 Å². The van der Waals surface area contributed by atoms with E-state index in [9.17, 15) is 9.18 Å². The highest BCUT2D eigenvalue weighted by Crippen LogP contribution is 2.18. The molecule has 1 aromatic carbocycles. The maximum Gasteiger partial charge on any atom is 0.156 e. The molecule has 0 saturated heterocycles. The van der Waals surface area contributed by atoms with Crippen molar-refractivity contribution < 1.29 is 13.9 Å². The molecule has 1 atom stereocenters. The van der Waals surface area contributed by atoms with Crippen molar-refractivity contribution in [1.29, 1.82) is 0 Å². The fourth-order valence-corrected chi connectivity index (χ4v) is 1.66. The maximum absolute atomic E-state index is 13.0. The zero-order chi connectivity index (χ0) is 12.1. The Hall–Kier alpha value is -0.780. The quantitative estimate of drug-likeness (QED) is 0.897. The standard InChI is InChI=1S/C11H13BrFNO2/c1-16-6-10(14)11(15)5-7-4-8(13)2-3-9(7)12/h2-4,10H,5-6,14H2,1H3. The molecule has 5 heteroatoms. The van der Waals surface area contributed by atoms with Gasteiger partial charge in [0, 0.05) is 18.0 Å². The minimum atomic E-state index is -0.667. The Kier molecular flexibility index (Phi) is 5.05. The van der Waals surface area contributed by atoms with E-state index in [2.05, 4.69) is 15.9 Å². The van der Waals surface area contributed by atoms with Gasteiger partial charge in [0.05, 0.1) is 12.6 Å². The molecule has 1 unspecified atom stereocenters. The summed E-state index contributed by atoms with van der Waals surface area (Å²) in [6, 6.07) is 3.55. The van der Waals surface area contributed by atoms with Crippen LogP contribution in [0.3, 0.4) is 0 Å². The average molecular weight is 290 g/mol. The van der Waals surface area contributed by atoms with Gasteiger partial charge in [0.25, 0.3) is 0 Å². The van der Waals surface area contributed by atoms with Gasteiger partial charge in [-0.3, -0.25) is 4.79 Å². The van der Waals surface area contributed by atoms with Gasteiger partial charge in [-0.05, 0) is 23.8 Å². The fraction of sp³-hybridized carbons (Fsp3) is 0.364. The van der Waals surface area contributed by atoms with Crippen molar-refractivity contribution in [3.63, 3.8) is 0 Å². The molecule has 16 heavy (non-hydrogen) atoms. The minimum absolute atomic E-state index is 0.100. The van der Waals surface area contributed by atoms with E-state index in [1.165, 1.54) is 19.2 Å². The average Bonchev–Trinajstić information content (AvgIpc) is 2.23. The van der Waals surface area contributed by atoms with E-state index in [0.717, 1.165) is 0 Å². The number of Topliss-reactive ketones (excluding diaryl/α,β-unsaturated/α-hetero) is 1. The third-order valence-corrected chi connectivity index (χ3v) is 2.91. The smallest absolute Gasteiger partial charge is 0.156 e. The van der Waals surface area contributed by atoms with Crippen LogP contribution in [0.1, 0.15) is 5.56 Å². The number of halogens is 2. The number of benzene rings is 1. The Balaban J connectivity index is 2.72. The second-order valence-electron chi connectivity index (χ2n) is 3.44. The van der Waals surface area contributed by atoms with E-state index < -0.39 is 6.04 Å². The highest BCUT2D eigenvalue weighted by Gasteiger charge is 2.15. The molecule has 0 bridgehead atoms. The van der Waals surface area contributed by atoms with Gasteiger partial charge in [-0.1, -0.05) is 15.9 Å². The first-order valence-corrected chi connectivity index (χ1v) is 5.55. The number of ether oxygens (including phenoxy) is 1. The minimum Gasteiger partial charge on any atom is -0.383 e. The van der Waals surface area contributed by atoms with Crippen LogP contribution in [-0.4, -0.2) is 25.5 Å². The topological polar surface area (TPSA) is 52.3 Å². The van der Waals surface area contributed by atoms with Crippen molar-refractivity contribution in [2.24, 2.45) is 5.73 Å². The lowest BCUT2D eigenvalue weighted by Crippen LogP contribution is -2.36. The van der Waals surface area contributed by atoms with E-state index >= 15 is 0 Å². The lowest BCUT2D eigenvalue weighted by atomic mass is 10.0. The third-order valence-electron chi connectivity index (χ3n) is 2.13. The molecule has 0 saturated carbocycles. The zero-order valence-corrected chi connectivity index (χ0v) is 10.5. The summed E-state index contributed by atoms with van der Waals surface area (Å²) in [5.41, 5.74) is 6.17. The molecule has 0 fully saturated rings. The van der Waals surface area contributed by atoms with Gasteiger partial charge in [-0.25, -0.2) is 4.39 Å². The lowest BCUT2D eigenvalue weighted by Gasteiger charge is -2.10. The Labute approximate surface area is 102 Å². The fourth-order valence-electron chi connectivity index (χ4n) is 1.27. The molecule has 0 aliphatic carbocycles. The van der Waals surface area contributed by atoms with Gasteiger partial charge < -0.3 is 10.5 Å². The van der Waals surface area contributed by atoms with Crippen LogP contribution in [0.25, 0.3) is 0 Å². The summed E-state index contributed by atoms with van der Waals surface area (Å²) in [5.74, 6) is -0.542. The molecule has 0 aliphatic heterocycles. The number of carbonyl (C=O) groups is 1. The molecule has 88 valence electrons. The Bertz CT molecular complexity index is 384. The zero-order valence-electron chi connectivity index (χ0n) is 8.87. The van der Waals surface area contributed by atoms with Crippen molar-refractivity contribution in [3.8, 4) is 0 Å². The normalized spacial score (nSPS) is 12.5.